The average Bonchev–Trinajstić information content (AvgIpc) is 2.64. The Morgan fingerprint density at radius 1 is 1.37 bits per heavy atom. The Kier molecular flexibility index (Phi) is 6.86. The largest absolute Gasteiger partial charge is 0.303 e. The van der Waals surface area contributed by atoms with Gasteiger partial charge in [0.05, 0.1) is 12.5 Å². The monoisotopic (exact) mass is 286 g/mol. The minimum atomic E-state index is -0.317. The predicted octanol–water partition coefficient (Wildman–Crippen LogP) is 2.03. The van der Waals surface area contributed by atoms with Crippen molar-refractivity contribution in [3.63, 3.8) is 0 Å². The van der Waals surface area contributed by atoms with Crippen LogP contribution in [0.3, 0.4) is 0 Å². The highest BCUT2D eigenvalue weighted by Gasteiger charge is 2.40. The van der Waals surface area contributed by atoms with E-state index in [1.165, 1.54) is 4.90 Å². The lowest BCUT2D eigenvalue weighted by Gasteiger charge is -2.23. The van der Waals surface area contributed by atoms with E-state index in [0.29, 0.717) is 6.42 Å². The first-order chi connectivity index (χ1) is 9.01. The Morgan fingerprint density at radius 2 is 2.05 bits per heavy atom. The highest BCUT2D eigenvalue weighted by molar-refractivity contribution is 7.99. The molecule has 0 bridgehead atoms. The molecule has 1 N–H and O–H groups in total. The lowest BCUT2D eigenvalue weighted by Crippen LogP contribution is -2.45. The van der Waals surface area contributed by atoms with Gasteiger partial charge in [0.25, 0.3) is 0 Å². The number of carbonyl (C=O) groups excluding carboxylic acids is 2. The van der Waals surface area contributed by atoms with Crippen LogP contribution < -0.4 is 5.32 Å². The molecule has 3 atom stereocenters. The minimum absolute atomic E-state index is 0.0118. The first-order valence-electron chi connectivity index (χ1n) is 7.20. The van der Waals surface area contributed by atoms with Crippen molar-refractivity contribution >= 4 is 23.6 Å². The second-order valence-electron chi connectivity index (χ2n) is 5.17. The van der Waals surface area contributed by atoms with E-state index in [9.17, 15) is 9.59 Å². The zero-order valence-electron chi connectivity index (χ0n) is 12.4. The zero-order valence-corrected chi connectivity index (χ0v) is 13.3. The standard InChI is InChI=1S/C14H26N2O2S/c1-5-11(4)16-13(17)9-12(14(16)18)15-10(3)7-8-19-6-2/h10-12,15H,5-9H2,1-4H3. The highest BCUT2D eigenvalue weighted by atomic mass is 32.2. The molecule has 19 heavy (non-hydrogen) atoms. The molecule has 0 spiro atoms. The lowest BCUT2D eigenvalue weighted by molar-refractivity contribution is -0.141. The van der Waals surface area contributed by atoms with Gasteiger partial charge in [-0.05, 0) is 38.2 Å². The summed E-state index contributed by atoms with van der Waals surface area (Å²) in [5.74, 6) is 2.13. The van der Waals surface area contributed by atoms with E-state index in [1.807, 2.05) is 25.6 Å². The number of thioether (sulfide) groups is 1. The molecule has 1 heterocycles. The third kappa shape index (κ3) is 4.49. The van der Waals surface area contributed by atoms with Crippen LogP contribution in [0.1, 0.15) is 47.0 Å². The molecule has 0 aliphatic carbocycles. The van der Waals surface area contributed by atoms with Gasteiger partial charge in [0.2, 0.25) is 11.8 Å². The fourth-order valence-corrected chi connectivity index (χ4v) is 3.07. The molecule has 2 amide bonds. The molecule has 1 fully saturated rings. The molecule has 1 aliphatic rings. The molecule has 1 saturated heterocycles. The Morgan fingerprint density at radius 3 is 2.63 bits per heavy atom. The Bertz CT molecular complexity index is 323. The molecular weight excluding hydrogens is 260 g/mol. The molecule has 0 aromatic carbocycles. The SMILES string of the molecule is CCSCCC(C)NC1CC(=O)N(C(C)CC)C1=O. The first-order valence-corrected chi connectivity index (χ1v) is 8.36. The number of hydrogen-bond donors (Lipinski definition) is 1. The average molecular weight is 286 g/mol. The van der Waals surface area contributed by atoms with Crippen molar-refractivity contribution in [3.05, 3.63) is 0 Å². The van der Waals surface area contributed by atoms with Gasteiger partial charge in [0.1, 0.15) is 0 Å². The summed E-state index contributed by atoms with van der Waals surface area (Å²) in [7, 11) is 0. The van der Waals surface area contributed by atoms with E-state index < -0.39 is 0 Å². The molecule has 1 rings (SSSR count). The van der Waals surface area contributed by atoms with Crippen LogP contribution in [-0.4, -0.2) is 46.3 Å². The summed E-state index contributed by atoms with van der Waals surface area (Å²) in [5, 5.41) is 3.30. The Balaban J connectivity index is 2.48. The second-order valence-corrected chi connectivity index (χ2v) is 6.56. The molecule has 3 unspecified atom stereocenters. The molecule has 0 saturated carbocycles. The van der Waals surface area contributed by atoms with Gasteiger partial charge in [0, 0.05) is 12.1 Å². The third-order valence-electron chi connectivity index (χ3n) is 3.60. The summed E-state index contributed by atoms with van der Waals surface area (Å²) < 4.78 is 0. The smallest absolute Gasteiger partial charge is 0.247 e. The number of hydrogen-bond acceptors (Lipinski definition) is 4. The maximum absolute atomic E-state index is 12.2. The molecule has 110 valence electrons. The van der Waals surface area contributed by atoms with E-state index in [1.54, 1.807) is 0 Å². The van der Waals surface area contributed by atoms with Gasteiger partial charge in [-0.3, -0.25) is 14.5 Å². The van der Waals surface area contributed by atoms with Crippen LogP contribution in [0.2, 0.25) is 0 Å². The lowest BCUT2D eigenvalue weighted by atomic mass is 10.2. The van der Waals surface area contributed by atoms with Gasteiger partial charge in [0.15, 0.2) is 0 Å². The minimum Gasteiger partial charge on any atom is -0.303 e. The summed E-state index contributed by atoms with van der Waals surface area (Å²) in [6.45, 7) is 8.15. The normalized spacial score (nSPS) is 22.9. The Hall–Kier alpha value is -0.550. The highest BCUT2D eigenvalue weighted by Crippen LogP contribution is 2.19. The van der Waals surface area contributed by atoms with Crippen molar-refractivity contribution in [2.24, 2.45) is 0 Å². The summed E-state index contributed by atoms with van der Waals surface area (Å²) in [6.07, 6.45) is 2.15. The van der Waals surface area contributed by atoms with E-state index in [2.05, 4.69) is 19.2 Å². The van der Waals surface area contributed by atoms with E-state index in [4.69, 9.17) is 0 Å². The maximum Gasteiger partial charge on any atom is 0.247 e. The van der Waals surface area contributed by atoms with Crippen molar-refractivity contribution in [3.8, 4) is 0 Å². The van der Waals surface area contributed by atoms with Gasteiger partial charge in [-0.15, -0.1) is 0 Å². The fourth-order valence-electron chi connectivity index (χ4n) is 2.26. The van der Waals surface area contributed by atoms with Gasteiger partial charge in [-0.1, -0.05) is 13.8 Å². The topological polar surface area (TPSA) is 49.4 Å². The van der Waals surface area contributed by atoms with Crippen LogP contribution in [0.5, 0.6) is 0 Å². The number of imide groups is 1. The number of rotatable bonds is 8. The Labute approximate surface area is 120 Å². The van der Waals surface area contributed by atoms with E-state index in [-0.39, 0.29) is 29.9 Å². The molecule has 0 aromatic rings. The van der Waals surface area contributed by atoms with Gasteiger partial charge in [-0.2, -0.15) is 11.8 Å². The zero-order chi connectivity index (χ0) is 14.4. The van der Waals surface area contributed by atoms with Crippen LogP contribution in [0, 0.1) is 0 Å². The second kappa shape index (κ2) is 7.90. The third-order valence-corrected chi connectivity index (χ3v) is 4.53. The maximum atomic E-state index is 12.2. The van der Waals surface area contributed by atoms with Crippen molar-refractivity contribution in [2.75, 3.05) is 11.5 Å². The first kappa shape index (κ1) is 16.5. The van der Waals surface area contributed by atoms with Gasteiger partial charge >= 0.3 is 0 Å². The fraction of sp³-hybridized carbons (Fsp3) is 0.857. The number of amides is 2. The number of carbonyl (C=O) groups is 2. The molecule has 0 radical (unpaired) electrons. The van der Waals surface area contributed by atoms with Crippen LogP contribution in [0.25, 0.3) is 0 Å². The van der Waals surface area contributed by atoms with Crippen LogP contribution in [-0.2, 0) is 9.59 Å². The number of likely N-dealkylation sites (tertiary alicyclic amines) is 1. The van der Waals surface area contributed by atoms with Gasteiger partial charge < -0.3 is 5.32 Å². The van der Waals surface area contributed by atoms with Crippen molar-refractivity contribution < 1.29 is 9.59 Å². The molecule has 5 heteroatoms. The van der Waals surface area contributed by atoms with Gasteiger partial charge in [-0.25, -0.2) is 0 Å². The van der Waals surface area contributed by atoms with E-state index in [0.717, 1.165) is 24.3 Å². The van der Waals surface area contributed by atoms with Crippen molar-refractivity contribution in [1.29, 1.82) is 0 Å². The van der Waals surface area contributed by atoms with E-state index >= 15 is 0 Å². The molecule has 4 nitrogen and oxygen atoms in total. The summed E-state index contributed by atoms with van der Waals surface area (Å²) in [5.41, 5.74) is 0. The molecule has 0 aromatic heterocycles. The van der Waals surface area contributed by atoms with Crippen molar-refractivity contribution in [2.45, 2.75) is 65.1 Å². The number of nitrogens with one attached hydrogen (secondary N) is 1. The molecular formula is C14H26N2O2S. The van der Waals surface area contributed by atoms with Crippen LogP contribution in [0.15, 0.2) is 0 Å². The summed E-state index contributed by atoms with van der Waals surface area (Å²) in [6, 6.07) is -0.0291. The summed E-state index contributed by atoms with van der Waals surface area (Å²) >= 11 is 1.90. The predicted molar refractivity (Wildman–Crippen MR) is 80.2 cm³/mol. The van der Waals surface area contributed by atoms with Crippen molar-refractivity contribution in [1.82, 2.24) is 10.2 Å². The quantitative estimate of drug-likeness (QED) is 0.548. The molecule has 1 aliphatic heterocycles. The number of nitrogens with zero attached hydrogens (tertiary/aromatic N) is 1. The van der Waals surface area contributed by atoms with Crippen LogP contribution in [0.4, 0.5) is 0 Å². The summed E-state index contributed by atoms with van der Waals surface area (Å²) in [4.78, 5) is 25.6. The van der Waals surface area contributed by atoms with Crippen LogP contribution >= 0.6 is 11.8 Å².